The summed E-state index contributed by atoms with van der Waals surface area (Å²) in [6.07, 6.45) is 2.92. The third-order valence-corrected chi connectivity index (χ3v) is 6.11. The van der Waals surface area contributed by atoms with Gasteiger partial charge in [-0.1, -0.05) is 36.4 Å². The summed E-state index contributed by atoms with van der Waals surface area (Å²) in [5, 5.41) is 0. The van der Waals surface area contributed by atoms with Crippen LogP contribution >= 0.6 is 0 Å². The summed E-state index contributed by atoms with van der Waals surface area (Å²) in [4.78, 5) is 12.4. The highest BCUT2D eigenvalue weighted by molar-refractivity contribution is 7.89. The molecule has 0 fully saturated rings. The molecule has 0 aliphatic rings. The molecule has 168 valence electrons. The number of hydrogen-bond donors (Lipinski definition) is 0. The van der Waals surface area contributed by atoms with Crippen molar-refractivity contribution >= 4 is 16.0 Å². The number of rotatable bonds is 11. The zero-order chi connectivity index (χ0) is 22.9. The summed E-state index contributed by atoms with van der Waals surface area (Å²) in [5.74, 6) is -0.0226. The molecule has 0 atom stereocenters. The van der Waals surface area contributed by atoms with E-state index in [4.69, 9.17) is 9.47 Å². The summed E-state index contributed by atoms with van der Waals surface area (Å²) in [5.41, 5.74) is 0.329. The first-order valence-electron chi connectivity index (χ1n) is 10.2. The highest BCUT2D eigenvalue weighted by Gasteiger charge is 2.28. The van der Waals surface area contributed by atoms with E-state index >= 15 is 0 Å². The van der Waals surface area contributed by atoms with Gasteiger partial charge >= 0.3 is 5.97 Å². The smallest absolute Gasteiger partial charge is 0.321 e. The predicted molar refractivity (Wildman–Crippen MR) is 121 cm³/mol. The zero-order valence-corrected chi connectivity index (χ0v) is 19.2. The van der Waals surface area contributed by atoms with Gasteiger partial charge in [-0.3, -0.25) is 4.79 Å². The third-order valence-electron chi connectivity index (χ3n) is 4.25. The first-order valence-corrected chi connectivity index (χ1v) is 11.7. The summed E-state index contributed by atoms with van der Waals surface area (Å²) < 4.78 is 38.5. The Morgan fingerprint density at radius 2 is 1.71 bits per heavy atom. The molecule has 0 unspecified atom stereocenters. The average molecular weight is 446 g/mol. The molecule has 0 saturated heterocycles. The predicted octanol–water partition coefficient (Wildman–Crippen LogP) is 4.56. The lowest BCUT2D eigenvalue weighted by molar-refractivity contribution is -0.154. The van der Waals surface area contributed by atoms with Crippen LogP contribution in [0.2, 0.25) is 0 Å². The van der Waals surface area contributed by atoms with Crippen LogP contribution in [0.3, 0.4) is 0 Å². The molecule has 2 rings (SSSR count). The van der Waals surface area contributed by atoms with Gasteiger partial charge in [-0.25, -0.2) is 8.42 Å². The van der Waals surface area contributed by atoms with Gasteiger partial charge in [0.05, 0.1) is 4.90 Å². The van der Waals surface area contributed by atoms with Crippen LogP contribution in [0.15, 0.2) is 72.1 Å². The molecule has 31 heavy (non-hydrogen) atoms. The highest BCUT2D eigenvalue weighted by Crippen LogP contribution is 2.21. The monoisotopic (exact) mass is 445 g/mol. The second-order valence-electron chi connectivity index (χ2n) is 8.10. The molecular weight excluding hydrogens is 414 g/mol. The SMILES string of the molecule is C=CCCCN(CC(=O)OC(C)(C)C)S(=O)(=O)c1ccc(OCc2ccccc2)cc1. The Morgan fingerprint density at radius 3 is 2.29 bits per heavy atom. The first-order chi connectivity index (χ1) is 14.6. The maximum Gasteiger partial charge on any atom is 0.321 e. The van der Waals surface area contributed by atoms with E-state index in [2.05, 4.69) is 6.58 Å². The average Bonchev–Trinajstić information content (AvgIpc) is 2.71. The van der Waals surface area contributed by atoms with Gasteiger partial charge in [0.15, 0.2) is 0 Å². The summed E-state index contributed by atoms with van der Waals surface area (Å²) in [6.45, 7) is 9.14. The fourth-order valence-corrected chi connectivity index (χ4v) is 4.23. The summed E-state index contributed by atoms with van der Waals surface area (Å²) in [6, 6.07) is 15.9. The Hall–Kier alpha value is -2.64. The number of nitrogens with zero attached hydrogens (tertiary/aromatic N) is 1. The zero-order valence-electron chi connectivity index (χ0n) is 18.4. The molecular formula is C24H31NO5S. The van der Waals surface area contributed by atoms with Crippen LogP contribution < -0.4 is 4.74 Å². The van der Waals surface area contributed by atoms with Crippen molar-refractivity contribution in [2.75, 3.05) is 13.1 Å². The van der Waals surface area contributed by atoms with Gasteiger partial charge in [-0.05, 0) is 63.4 Å². The van der Waals surface area contributed by atoms with Crippen molar-refractivity contribution in [2.24, 2.45) is 0 Å². The number of allylic oxidation sites excluding steroid dienone is 1. The molecule has 2 aromatic carbocycles. The van der Waals surface area contributed by atoms with E-state index in [1.165, 1.54) is 12.1 Å². The second kappa shape index (κ2) is 11.1. The van der Waals surface area contributed by atoms with Crippen molar-refractivity contribution in [1.29, 1.82) is 0 Å². The number of ether oxygens (including phenoxy) is 2. The van der Waals surface area contributed by atoms with Crippen LogP contribution in [0.5, 0.6) is 5.75 Å². The molecule has 0 N–H and O–H groups in total. The molecule has 0 aliphatic heterocycles. The third kappa shape index (κ3) is 8.19. The number of hydrogen-bond acceptors (Lipinski definition) is 5. The Morgan fingerprint density at radius 1 is 1.06 bits per heavy atom. The largest absolute Gasteiger partial charge is 0.489 e. The normalized spacial score (nSPS) is 11.9. The van der Waals surface area contributed by atoms with E-state index in [-0.39, 0.29) is 18.0 Å². The maximum absolute atomic E-state index is 13.2. The first kappa shape index (κ1) is 24.6. The lowest BCUT2D eigenvalue weighted by Crippen LogP contribution is -2.39. The van der Waals surface area contributed by atoms with E-state index in [1.54, 1.807) is 39.0 Å². The summed E-state index contributed by atoms with van der Waals surface area (Å²) >= 11 is 0. The minimum atomic E-state index is -3.87. The lowest BCUT2D eigenvalue weighted by atomic mass is 10.2. The van der Waals surface area contributed by atoms with Crippen molar-refractivity contribution in [1.82, 2.24) is 4.31 Å². The topological polar surface area (TPSA) is 72.9 Å². The number of sulfonamides is 1. The fraction of sp³-hybridized carbons (Fsp3) is 0.375. The van der Waals surface area contributed by atoms with Crippen molar-refractivity contribution in [3.8, 4) is 5.75 Å². The fourth-order valence-electron chi connectivity index (χ4n) is 2.81. The Bertz CT molecular complexity index is 948. The number of unbranched alkanes of at least 4 members (excludes halogenated alkanes) is 1. The lowest BCUT2D eigenvalue weighted by Gasteiger charge is -2.25. The molecule has 0 aromatic heterocycles. The molecule has 0 radical (unpaired) electrons. The molecule has 0 amide bonds. The van der Waals surface area contributed by atoms with Crippen molar-refractivity contribution in [3.63, 3.8) is 0 Å². The quantitative estimate of drug-likeness (QED) is 0.288. The van der Waals surface area contributed by atoms with Crippen molar-refractivity contribution in [3.05, 3.63) is 72.8 Å². The molecule has 0 aliphatic carbocycles. The van der Waals surface area contributed by atoms with Crippen LogP contribution in [0.4, 0.5) is 0 Å². The van der Waals surface area contributed by atoms with E-state index < -0.39 is 21.6 Å². The maximum atomic E-state index is 13.2. The van der Waals surface area contributed by atoms with Gasteiger partial charge < -0.3 is 9.47 Å². The van der Waals surface area contributed by atoms with Gasteiger partial charge in [0.2, 0.25) is 10.0 Å². The molecule has 0 spiro atoms. The minimum absolute atomic E-state index is 0.0988. The highest BCUT2D eigenvalue weighted by atomic mass is 32.2. The van der Waals surface area contributed by atoms with Gasteiger partial charge in [0.1, 0.15) is 24.5 Å². The van der Waals surface area contributed by atoms with Gasteiger partial charge in [-0.15, -0.1) is 6.58 Å². The van der Waals surface area contributed by atoms with Gasteiger partial charge in [-0.2, -0.15) is 4.31 Å². The summed E-state index contributed by atoms with van der Waals surface area (Å²) in [7, 11) is -3.87. The van der Waals surface area contributed by atoms with Crippen LogP contribution in [0, 0.1) is 0 Å². The molecule has 6 nitrogen and oxygen atoms in total. The van der Waals surface area contributed by atoms with E-state index in [9.17, 15) is 13.2 Å². The van der Waals surface area contributed by atoms with Crippen LogP contribution in [-0.2, 0) is 26.2 Å². The van der Waals surface area contributed by atoms with Crippen LogP contribution in [0.1, 0.15) is 39.2 Å². The molecule has 0 bridgehead atoms. The number of benzene rings is 2. The molecule has 0 saturated carbocycles. The van der Waals surface area contributed by atoms with Gasteiger partial charge in [0.25, 0.3) is 0 Å². The van der Waals surface area contributed by atoms with E-state index in [1.807, 2.05) is 30.3 Å². The van der Waals surface area contributed by atoms with Crippen LogP contribution in [-0.4, -0.2) is 37.4 Å². The number of carbonyl (C=O) groups is 1. The van der Waals surface area contributed by atoms with Crippen molar-refractivity contribution < 1.29 is 22.7 Å². The minimum Gasteiger partial charge on any atom is -0.489 e. The van der Waals surface area contributed by atoms with E-state index in [0.29, 0.717) is 25.2 Å². The van der Waals surface area contributed by atoms with E-state index in [0.717, 1.165) is 9.87 Å². The standard InChI is InChI=1S/C24H31NO5S/c1-5-6-10-17-25(18-23(26)30-24(2,3)4)31(27,28)22-15-13-21(14-16-22)29-19-20-11-8-7-9-12-20/h5,7-9,11-16H,1,6,10,17-19H2,2-4H3. The number of esters is 1. The Labute approximate surface area is 185 Å². The Balaban J connectivity index is 2.12. The van der Waals surface area contributed by atoms with Crippen molar-refractivity contribution in [2.45, 2.75) is 50.7 Å². The number of carbonyl (C=O) groups excluding carboxylic acids is 1. The second-order valence-corrected chi connectivity index (χ2v) is 10.0. The molecule has 0 heterocycles. The van der Waals surface area contributed by atoms with Crippen LogP contribution in [0.25, 0.3) is 0 Å². The Kier molecular flexibility index (Phi) is 8.83. The molecule has 7 heteroatoms. The van der Waals surface area contributed by atoms with Gasteiger partial charge in [0, 0.05) is 6.54 Å². The molecule has 2 aromatic rings.